The van der Waals surface area contributed by atoms with Crippen molar-refractivity contribution in [2.24, 2.45) is 0 Å². The molecule has 0 saturated heterocycles. The molecule has 1 aromatic carbocycles. The van der Waals surface area contributed by atoms with Crippen molar-refractivity contribution in [3.8, 4) is 11.3 Å². The lowest BCUT2D eigenvalue weighted by Gasteiger charge is -2.07. The van der Waals surface area contributed by atoms with Crippen molar-refractivity contribution < 1.29 is 4.79 Å². The molecule has 0 unspecified atom stereocenters. The Morgan fingerprint density at radius 1 is 1.42 bits per heavy atom. The van der Waals surface area contributed by atoms with Crippen LogP contribution in [0.25, 0.3) is 11.3 Å². The molecule has 8 heteroatoms. The number of aromatic nitrogens is 5. The largest absolute Gasteiger partial charge is 0.351 e. The molecule has 0 radical (unpaired) electrons. The van der Waals surface area contributed by atoms with Crippen LogP contribution in [0.2, 0.25) is 5.02 Å². The zero-order chi connectivity index (χ0) is 16.9. The summed E-state index contributed by atoms with van der Waals surface area (Å²) in [5.41, 5.74) is 1.94. The third-order valence-corrected chi connectivity index (χ3v) is 3.90. The monoisotopic (exact) mass is 344 g/mol. The van der Waals surface area contributed by atoms with Crippen LogP contribution in [0, 0.1) is 0 Å². The first-order valence-electron chi connectivity index (χ1n) is 7.63. The summed E-state index contributed by atoms with van der Waals surface area (Å²) in [7, 11) is 0. The van der Waals surface area contributed by atoms with E-state index in [9.17, 15) is 4.79 Å². The van der Waals surface area contributed by atoms with E-state index in [1.165, 1.54) is 6.20 Å². The first-order valence-corrected chi connectivity index (χ1v) is 8.01. The van der Waals surface area contributed by atoms with Gasteiger partial charge >= 0.3 is 0 Å². The first-order chi connectivity index (χ1) is 11.7. The predicted molar refractivity (Wildman–Crippen MR) is 90.8 cm³/mol. The quantitative estimate of drug-likeness (QED) is 0.718. The van der Waals surface area contributed by atoms with E-state index in [2.05, 4.69) is 25.7 Å². The highest BCUT2D eigenvalue weighted by Crippen LogP contribution is 2.23. The highest BCUT2D eigenvalue weighted by atomic mass is 35.5. The van der Waals surface area contributed by atoms with Crippen LogP contribution in [0.5, 0.6) is 0 Å². The van der Waals surface area contributed by atoms with E-state index in [1.807, 2.05) is 23.6 Å². The smallest absolute Gasteiger partial charge is 0.255 e. The number of H-pyrrole nitrogens is 1. The molecule has 0 aliphatic heterocycles. The molecule has 0 bridgehead atoms. The van der Waals surface area contributed by atoms with Gasteiger partial charge in [0.1, 0.15) is 12.2 Å². The van der Waals surface area contributed by atoms with Crippen molar-refractivity contribution in [1.29, 1.82) is 0 Å². The Labute approximate surface area is 144 Å². The number of halogens is 1. The molecule has 0 atom stereocenters. The first kappa shape index (κ1) is 16.2. The summed E-state index contributed by atoms with van der Waals surface area (Å²) in [6.07, 6.45) is 3.81. The van der Waals surface area contributed by atoms with Gasteiger partial charge in [-0.1, -0.05) is 23.7 Å². The van der Waals surface area contributed by atoms with Crippen LogP contribution in [0.15, 0.2) is 36.8 Å². The van der Waals surface area contributed by atoms with Gasteiger partial charge in [0.15, 0.2) is 0 Å². The molecular formula is C16H17ClN6O. The highest BCUT2D eigenvalue weighted by molar-refractivity contribution is 6.30. The van der Waals surface area contributed by atoms with Gasteiger partial charge in [0, 0.05) is 30.1 Å². The fourth-order valence-electron chi connectivity index (χ4n) is 2.44. The lowest BCUT2D eigenvalue weighted by molar-refractivity contribution is 0.0954. The Bertz CT molecular complexity index is 840. The van der Waals surface area contributed by atoms with E-state index in [1.54, 1.807) is 18.5 Å². The number of aryl methyl sites for hydroxylation is 1. The van der Waals surface area contributed by atoms with Gasteiger partial charge in [0.2, 0.25) is 0 Å². The maximum absolute atomic E-state index is 12.4. The number of nitrogens with zero attached hydrogens (tertiary/aromatic N) is 4. The highest BCUT2D eigenvalue weighted by Gasteiger charge is 2.15. The Kier molecular flexibility index (Phi) is 4.90. The third-order valence-electron chi connectivity index (χ3n) is 3.67. The van der Waals surface area contributed by atoms with Gasteiger partial charge in [-0.3, -0.25) is 9.89 Å². The molecule has 1 amide bonds. The summed E-state index contributed by atoms with van der Waals surface area (Å²) >= 11 is 6.01. The second-order valence-electron chi connectivity index (χ2n) is 5.21. The minimum atomic E-state index is -0.193. The van der Waals surface area contributed by atoms with Crippen LogP contribution in [-0.4, -0.2) is 37.4 Å². The molecule has 2 aromatic heterocycles. The molecule has 7 nitrogen and oxygen atoms in total. The fraction of sp³-hybridized carbons (Fsp3) is 0.250. The van der Waals surface area contributed by atoms with Crippen LogP contribution >= 0.6 is 11.6 Å². The number of benzene rings is 1. The normalized spacial score (nSPS) is 10.8. The number of carbonyl (C=O) groups is 1. The molecule has 24 heavy (non-hydrogen) atoms. The van der Waals surface area contributed by atoms with Crippen molar-refractivity contribution in [2.75, 3.05) is 6.54 Å². The Hall–Kier alpha value is -2.67. The van der Waals surface area contributed by atoms with Crippen LogP contribution in [0.1, 0.15) is 23.1 Å². The molecule has 0 fully saturated rings. The summed E-state index contributed by atoms with van der Waals surface area (Å²) in [5.74, 6) is 0.654. The van der Waals surface area contributed by atoms with E-state index in [0.717, 1.165) is 17.9 Å². The maximum Gasteiger partial charge on any atom is 0.255 e. The van der Waals surface area contributed by atoms with E-state index < -0.39 is 0 Å². The summed E-state index contributed by atoms with van der Waals surface area (Å²) in [4.78, 5) is 12.4. The summed E-state index contributed by atoms with van der Waals surface area (Å²) < 4.78 is 1.95. The van der Waals surface area contributed by atoms with Gasteiger partial charge in [0.25, 0.3) is 5.91 Å². The van der Waals surface area contributed by atoms with Gasteiger partial charge in [-0.05, 0) is 19.1 Å². The molecule has 2 heterocycles. The van der Waals surface area contributed by atoms with E-state index in [4.69, 9.17) is 11.6 Å². The van der Waals surface area contributed by atoms with Gasteiger partial charge in [-0.25, -0.2) is 0 Å². The molecule has 0 aliphatic rings. The number of hydrogen-bond acceptors (Lipinski definition) is 4. The molecule has 0 aliphatic carbocycles. The molecular weight excluding hydrogens is 328 g/mol. The van der Waals surface area contributed by atoms with E-state index in [-0.39, 0.29) is 5.91 Å². The summed E-state index contributed by atoms with van der Waals surface area (Å²) in [5, 5.41) is 18.3. The molecule has 2 N–H and O–H groups in total. The van der Waals surface area contributed by atoms with Gasteiger partial charge in [-0.15, -0.1) is 10.2 Å². The van der Waals surface area contributed by atoms with E-state index in [0.29, 0.717) is 29.2 Å². The predicted octanol–water partition coefficient (Wildman–Crippen LogP) is 2.31. The van der Waals surface area contributed by atoms with Gasteiger partial charge in [-0.2, -0.15) is 5.10 Å². The van der Waals surface area contributed by atoms with E-state index >= 15 is 0 Å². The van der Waals surface area contributed by atoms with Gasteiger partial charge < -0.3 is 9.88 Å². The number of nitrogens with one attached hydrogen (secondary N) is 2. The number of rotatable bonds is 6. The van der Waals surface area contributed by atoms with Crippen molar-refractivity contribution in [3.63, 3.8) is 0 Å². The zero-order valence-electron chi connectivity index (χ0n) is 13.2. The lowest BCUT2D eigenvalue weighted by atomic mass is 10.1. The van der Waals surface area contributed by atoms with Gasteiger partial charge in [0.05, 0.1) is 17.5 Å². The van der Waals surface area contributed by atoms with Crippen molar-refractivity contribution in [3.05, 3.63) is 53.2 Å². The second-order valence-corrected chi connectivity index (χ2v) is 5.64. The maximum atomic E-state index is 12.4. The molecule has 124 valence electrons. The Morgan fingerprint density at radius 3 is 3.08 bits per heavy atom. The second kappa shape index (κ2) is 7.27. The number of amides is 1. The van der Waals surface area contributed by atoms with Crippen LogP contribution < -0.4 is 5.32 Å². The third kappa shape index (κ3) is 3.46. The molecule has 3 aromatic rings. The van der Waals surface area contributed by atoms with Crippen molar-refractivity contribution in [1.82, 2.24) is 30.3 Å². The number of hydrogen-bond donors (Lipinski definition) is 2. The van der Waals surface area contributed by atoms with Crippen LogP contribution in [0.4, 0.5) is 0 Å². The Balaban J connectivity index is 1.67. The van der Waals surface area contributed by atoms with Crippen molar-refractivity contribution >= 4 is 17.5 Å². The topological polar surface area (TPSA) is 88.5 Å². The summed E-state index contributed by atoms with van der Waals surface area (Å²) in [6, 6.07) is 7.28. The van der Waals surface area contributed by atoms with Crippen LogP contribution in [-0.2, 0) is 13.0 Å². The lowest BCUT2D eigenvalue weighted by Crippen LogP contribution is -2.26. The molecule has 0 saturated carbocycles. The molecule has 3 rings (SSSR count). The minimum Gasteiger partial charge on any atom is -0.351 e. The van der Waals surface area contributed by atoms with Crippen molar-refractivity contribution in [2.45, 2.75) is 19.9 Å². The number of carbonyl (C=O) groups excluding carboxylic acids is 1. The zero-order valence-corrected chi connectivity index (χ0v) is 13.9. The average molecular weight is 345 g/mol. The standard InChI is InChI=1S/C16H17ClN6O/c1-2-23-10-20-21-14(23)6-7-18-16(24)13-9-19-22-15(13)11-4-3-5-12(17)8-11/h3-5,8-10H,2,6-7H2,1H3,(H,18,24)(H,19,22). The fourth-order valence-corrected chi connectivity index (χ4v) is 2.63. The summed E-state index contributed by atoms with van der Waals surface area (Å²) in [6.45, 7) is 3.29. The average Bonchev–Trinajstić information content (AvgIpc) is 3.23. The SMILES string of the molecule is CCn1cnnc1CCNC(=O)c1cn[nH]c1-c1cccc(Cl)c1. The van der Waals surface area contributed by atoms with Crippen LogP contribution in [0.3, 0.4) is 0 Å². The Morgan fingerprint density at radius 2 is 2.29 bits per heavy atom. The minimum absolute atomic E-state index is 0.193. The number of aromatic amines is 1. The molecule has 0 spiro atoms.